The van der Waals surface area contributed by atoms with Crippen molar-refractivity contribution in [3.63, 3.8) is 0 Å². The van der Waals surface area contributed by atoms with Crippen LogP contribution in [-0.4, -0.2) is 31.5 Å². The van der Waals surface area contributed by atoms with Crippen molar-refractivity contribution in [3.8, 4) is 11.4 Å². The number of aromatic nitrogens is 5. The molecule has 102 valence electrons. The van der Waals surface area contributed by atoms with Gasteiger partial charge in [0.2, 0.25) is 0 Å². The van der Waals surface area contributed by atoms with Crippen molar-refractivity contribution in [1.82, 2.24) is 25.0 Å². The fourth-order valence-electron chi connectivity index (χ4n) is 2.02. The molecule has 0 saturated carbocycles. The van der Waals surface area contributed by atoms with E-state index in [4.69, 9.17) is 0 Å². The van der Waals surface area contributed by atoms with E-state index in [0.29, 0.717) is 0 Å². The van der Waals surface area contributed by atoms with Gasteiger partial charge in [-0.1, -0.05) is 25.5 Å². The Hall–Kier alpha value is -1.98. The molecule has 0 radical (unpaired) electrons. The van der Waals surface area contributed by atoms with Crippen LogP contribution in [0.3, 0.4) is 0 Å². The van der Waals surface area contributed by atoms with Crippen LogP contribution in [0.5, 0.6) is 0 Å². The van der Waals surface area contributed by atoms with Gasteiger partial charge in [-0.3, -0.25) is 0 Å². The number of hydrogen-bond donors (Lipinski definition) is 1. The van der Waals surface area contributed by atoms with Gasteiger partial charge >= 0.3 is 0 Å². The van der Waals surface area contributed by atoms with Gasteiger partial charge in [0.15, 0.2) is 0 Å². The lowest BCUT2D eigenvalue weighted by molar-refractivity contribution is 0.717. The Kier molecular flexibility index (Phi) is 4.43. The van der Waals surface area contributed by atoms with Crippen molar-refractivity contribution in [1.29, 1.82) is 0 Å². The minimum absolute atomic E-state index is 0.913. The van der Waals surface area contributed by atoms with Crippen molar-refractivity contribution in [2.75, 3.05) is 11.9 Å². The summed E-state index contributed by atoms with van der Waals surface area (Å²) in [4.78, 5) is 8.78. The smallest absolute Gasteiger partial charge is 0.133 e. The van der Waals surface area contributed by atoms with E-state index < -0.39 is 0 Å². The molecule has 2 aromatic rings. The number of rotatable bonds is 6. The zero-order valence-electron chi connectivity index (χ0n) is 11.7. The average Bonchev–Trinajstić information content (AvgIpc) is 2.84. The average molecular weight is 260 g/mol. The molecular weight excluding hydrogens is 240 g/mol. The van der Waals surface area contributed by atoms with Crippen LogP contribution < -0.4 is 5.32 Å². The largest absolute Gasteiger partial charge is 0.370 e. The van der Waals surface area contributed by atoms with E-state index in [9.17, 15) is 0 Å². The third kappa shape index (κ3) is 2.89. The standard InChI is InChI=1S/C13H20N6/c1-4-6-10-12(11-8-17-18-19(11)3)15-9-16-13(10)14-7-5-2/h8-9H,4-7H2,1-3H3,(H,14,15,16). The van der Waals surface area contributed by atoms with E-state index in [-0.39, 0.29) is 0 Å². The highest BCUT2D eigenvalue weighted by atomic mass is 15.4. The highest BCUT2D eigenvalue weighted by Gasteiger charge is 2.15. The molecule has 6 heteroatoms. The van der Waals surface area contributed by atoms with Gasteiger partial charge in [-0.05, 0) is 12.8 Å². The Bertz CT molecular complexity index is 534. The molecule has 2 aromatic heterocycles. The summed E-state index contributed by atoms with van der Waals surface area (Å²) in [6.45, 7) is 5.21. The minimum atomic E-state index is 0.913. The quantitative estimate of drug-likeness (QED) is 0.860. The van der Waals surface area contributed by atoms with Crippen molar-refractivity contribution < 1.29 is 0 Å². The van der Waals surface area contributed by atoms with E-state index in [1.807, 2.05) is 7.05 Å². The molecule has 0 aliphatic heterocycles. The van der Waals surface area contributed by atoms with Crippen LogP contribution in [0.15, 0.2) is 12.5 Å². The molecular formula is C13H20N6. The molecule has 0 unspecified atom stereocenters. The lowest BCUT2D eigenvalue weighted by atomic mass is 10.1. The van der Waals surface area contributed by atoms with Gasteiger partial charge in [0.05, 0.1) is 11.9 Å². The van der Waals surface area contributed by atoms with Gasteiger partial charge in [0.25, 0.3) is 0 Å². The summed E-state index contributed by atoms with van der Waals surface area (Å²) < 4.78 is 1.74. The first-order chi connectivity index (χ1) is 9.27. The summed E-state index contributed by atoms with van der Waals surface area (Å²) in [6.07, 6.45) is 6.39. The predicted molar refractivity (Wildman–Crippen MR) is 74.8 cm³/mol. The van der Waals surface area contributed by atoms with Gasteiger partial charge in [0.1, 0.15) is 17.8 Å². The summed E-state index contributed by atoms with van der Waals surface area (Å²) in [7, 11) is 1.87. The zero-order chi connectivity index (χ0) is 13.7. The Labute approximate surface area is 113 Å². The van der Waals surface area contributed by atoms with Crippen LogP contribution in [0, 0.1) is 0 Å². The summed E-state index contributed by atoms with van der Waals surface area (Å²) in [6, 6.07) is 0. The predicted octanol–water partition coefficient (Wildman–Crippen LogP) is 2.05. The second-order valence-electron chi connectivity index (χ2n) is 4.47. The molecule has 0 atom stereocenters. The van der Waals surface area contributed by atoms with E-state index >= 15 is 0 Å². The van der Waals surface area contributed by atoms with E-state index in [1.165, 1.54) is 0 Å². The van der Waals surface area contributed by atoms with Crippen LogP contribution in [-0.2, 0) is 13.5 Å². The first kappa shape index (κ1) is 13.5. The number of anilines is 1. The SMILES string of the molecule is CCCNc1ncnc(-c2cnnn2C)c1CCC. The molecule has 6 nitrogen and oxygen atoms in total. The molecule has 0 saturated heterocycles. The number of nitrogens with zero attached hydrogens (tertiary/aromatic N) is 5. The summed E-state index contributed by atoms with van der Waals surface area (Å²) in [5.41, 5.74) is 2.98. The topological polar surface area (TPSA) is 68.5 Å². The first-order valence-corrected chi connectivity index (χ1v) is 6.70. The molecule has 0 spiro atoms. The van der Waals surface area contributed by atoms with Crippen molar-refractivity contribution in [2.45, 2.75) is 33.1 Å². The molecule has 0 aromatic carbocycles. The molecule has 2 heterocycles. The molecule has 0 aliphatic rings. The maximum Gasteiger partial charge on any atom is 0.133 e. The summed E-state index contributed by atoms with van der Waals surface area (Å²) >= 11 is 0. The van der Waals surface area contributed by atoms with E-state index in [2.05, 4.69) is 39.4 Å². The van der Waals surface area contributed by atoms with Crippen LogP contribution in [0.2, 0.25) is 0 Å². The van der Waals surface area contributed by atoms with Crippen LogP contribution in [0.1, 0.15) is 32.3 Å². The first-order valence-electron chi connectivity index (χ1n) is 6.70. The number of nitrogens with one attached hydrogen (secondary N) is 1. The molecule has 0 aliphatic carbocycles. The molecule has 0 bridgehead atoms. The third-order valence-corrected chi connectivity index (χ3v) is 2.94. The molecule has 2 rings (SSSR count). The van der Waals surface area contributed by atoms with Gasteiger partial charge in [-0.25, -0.2) is 14.6 Å². The van der Waals surface area contributed by atoms with Gasteiger partial charge in [-0.15, -0.1) is 5.10 Å². The molecule has 0 fully saturated rings. The van der Waals surface area contributed by atoms with Gasteiger partial charge < -0.3 is 5.32 Å². The summed E-state index contributed by atoms with van der Waals surface area (Å²) in [5.74, 6) is 0.926. The Balaban J connectivity index is 2.45. The fourth-order valence-corrected chi connectivity index (χ4v) is 2.02. The number of aryl methyl sites for hydroxylation is 1. The minimum Gasteiger partial charge on any atom is -0.370 e. The summed E-state index contributed by atoms with van der Waals surface area (Å²) in [5, 5.41) is 11.3. The zero-order valence-corrected chi connectivity index (χ0v) is 11.7. The molecule has 19 heavy (non-hydrogen) atoms. The second kappa shape index (κ2) is 6.26. The lowest BCUT2D eigenvalue weighted by Crippen LogP contribution is -2.09. The van der Waals surface area contributed by atoms with Crippen LogP contribution in [0.4, 0.5) is 5.82 Å². The lowest BCUT2D eigenvalue weighted by Gasteiger charge is -2.13. The number of hydrogen-bond acceptors (Lipinski definition) is 5. The Morgan fingerprint density at radius 3 is 2.68 bits per heavy atom. The van der Waals surface area contributed by atoms with Gasteiger partial charge in [0, 0.05) is 19.2 Å². The van der Waals surface area contributed by atoms with E-state index in [0.717, 1.165) is 48.6 Å². The highest BCUT2D eigenvalue weighted by Crippen LogP contribution is 2.25. The maximum absolute atomic E-state index is 4.42. The van der Waals surface area contributed by atoms with Crippen LogP contribution >= 0.6 is 0 Å². The maximum atomic E-state index is 4.42. The molecule has 0 amide bonds. The molecule has 1 N–H and O–H groups in total. The monoisotopic (exact) mass is 260 g/mol. The Morgan fingerprint density at radius 2 is 2.05 bits per heavy atom. The van der Waals surface area contributed by atoms with Crippen molar-refractivity contribution >= 4 is 5.82 Å². The van der Waals surface area contributed by atoms with E-state index in [1.54, 1.807) is 17.2 Å². The highest BCUT2D eigenvalue weighted by molar-refractivity contribution is 5.64. The Morgan fingerprint density at radius 1 is 1.21 bits per heavy atom. The fraction of sp³-hybridized carbons (Fsp3) is 0.538. The normalized spacial score (nSPS) is 10.7. The van der Waals surface area contributed by atoms with Gasteiger partial charge in [-0.2, -0.15) is 0 Å². The second-order valence-corrected chi connectivity index (χ2v) is 4.47. The van der Waals surface area contributed by atoms with Crippen LogP contribution in [0.25, 0.3) is 11.4 Å². The van der Waals surface area contributed by atoms with Crippen molar-refractivity contribution in [3.05, 3.63) is 18.1 Å². The van der Waals surface area contributed by atoms with Crippen molar-refractivity contribution in [2.24, 2.45) is 7.05 Å². The third-order valence-electron chi connectivity index (χ3n) is 2.94.